The van der Waals surface area contributed by atoms with Crippen molar-refractivity contribution in [3.8, 4) is 5.75 Å². The van der Waals surface area contributed by atoms with Crippen molar-refractivity contribution in [3.05, 3.63) is 29.8 Å². The Balaban J connectivity index is 2.67. The van der Waals surface area contributed by atoms with E-state index in [-0.39, 0.29) is 12.4 Å². The molecule has 0 spiro atoms. The van der Waals surface area contributed by atoms with Crippen molar-refractivity contribution in [2.24, 2.45) is 0 Å². The van der Waals surface area contributed by atoms with E-state index >= 15 is 0 Å². The molecule has 0 aromatic heterocycles. The van der Waals surface area contributed by atoms with Crippen LogP contribution in [0.1, 0.15) is 33.3 Å². The summed E-state index contributed by atoms with van der Waals surface area (Å²) in [7, 11) is 0. The average Bonchev–Trinajstić information content (AvgIpc) is 2.37. The van der Waals surface area contributed by atoms with Crippen LogP contribution in [0.5, 0.6) is 5.75 Å². The summed E-state index contributed by atoms with van der Waals surface area (Å²) in [6.45, 7) is 7.31. The first kappa shape index (κ1) is 15.2. The van der Waals surface area contributed by atoms with Gasteiger partial charge in [0.1, 0.15) is 11.5 Å². The number of ketones is 1. The van der Waals surface area contributed by atoms with Crippen molar-refractivity contribution in [1.29, 1.82) is 0 Å². The maximum absolute atomic E-state index is 11.5. The van der Waals surface area contributed by atoms with Crippen molar-refractivity contribution in [3.63, 3.8) is 0 Å². The van der Waals surface area contributed by atoms with Gasteiger partial charge >= 0.3 is 5.97 Å². The topological polar surface area (TPSA) is 52.6 Å². The fourth-order valence-electron chi connectivity index (χ4n) is 1.52. The zero-order valence-corrected chi connectivity index (χ0v) is 11.9. The van der Waals surface area contributed by atoms with Crippen LogP contribution in [0.4, 0.5) is 0 Å². The van der Waals surface area contributed by atoms with Gasteiger partial charge in [-0.3, -0.25) is 4.79 Å². The lowest BCUT2D eigenvalue weighted by molar-refractivity contribution is -0.145. The first-order chi connectivity index (χ1) is 8.87. The highest BCUT2D eigenvalue weighted by atomic mass is 16.6. The minimum absolute atomic E-state index is 0.104. The molecule has 0 aliphatic heterocycles. The van der Waals surface area contributed by atoms with Crippen LogP contribution in [0.15, 0.2) is 24.3 Å². The van der Waals surface area contributed by atoms with E-state index in [1.165, 1.54) is 0 Å². The summed E-state index contributed by atoms with van der Waals surface area (Å²) in [6, 6.07) is 7.17. The quantitative estimate of drug-likeness (QED) is 0.741. The lowest BCUT2D eigenvalue weighted by Gasteiger charge is -2.21. The SMILES string of the molecule is CCOC(=O)COc1ccc(C(C)(C)C(C)=O)cc1. The third-order valence-corrected chi connectivity index (χ3v) is 3.12. The molecule has 0 radical (unpaired) electrons. The number of hydrogen-bond acceptors (Lipinski definition) is 4. The van der Waals surface area contributed by atoms with Crippen LogP contribution < -0.4 is 4.74 Å². The van der Waals surface area contributed by atoms with E-state index < -0.39 is 11.4 Å². The average molecular weight is 264 g/mol. The summed E-state index contributed by atoms with van der Waals surface area (Å²) >= 11 is 0. The van der Waals surface area contributed by atoms with Gasteiger partial charge in [-0.25, -0.2) is 4.79 Å². The van der Waals surface area contributed by atoms with Crippen LogP contribution in [-0.4, -0.2) is 25.0 Å². The molecule has 0 bridgehead atoms. The van der Waals surface area contributed by atoms with Gasteiger partial charge in [-0.15, -0.1) is 0 Å². The minimum atomic E-state index is -0.514. The maximum atomic E-state index is 11.5. The molecule has 0 saturated carbocycles. The number of carbonyl (C=O) groups is 2. The molecule has 1 rings (SSSR count). The number of esters is 1. The molecule has 0 amide bonds. The van der Waals surface area contributed by atoms with Crippen LogP contribution in [0.25, 0.3) is 0 Å². The third-order valence-electron chi connectivity index (χ3n) is 3.12. The fourth-order valence-corrected chi connectivity index (χ4v) is 1.52. The summed E-state index contributed by atoms with van der Waals surface area (Å²) < 4.78 is 10.1. The standard InChI is InChI=1S/C15H20O4/c1-5-18-14(17)10-19-13-8-6-12(7-9-13)15(3,4)11(2)16/h6-9H,5,10H2,1-4H3. The van der Waals surface area contributed by atoms with Gasteiger partial charge in [-0.1, -0.05) is 12.1 Å². The number of hydrogen-bond donors (Lipinski definition) is 0. The van der Waals surface area contributed by atoms with Gasteiger partial charge in [-0.2, -0.15) is 0 Å². The number of Topliss-reactive ketones (excluding diaryl/α,β-unsaturated/α-hetero) is 1. The molecule has 19 heavy (non-hydrogen) atoms. The second-order valence-electron chi connectivity index (χ2n) is 4.80. The number of carbonyl (C=O) groups excluding carboxylic acids is 2. The summed E-state index contributed by atoms with van der Waals surface area (Å²) in [5, 5.41) is 0. The van der Waals surface area contributed by atoms with Crippen molar-refractivity contribution in [2.75, 3.05) is 13.2 Å². The Kier molecular flexibility index (Phi) is 5.10. The molecule has 0 aliphatic rings. The molecule has 0 N–H and O–H groups in total. The van der Waals surface area contributed by atoms with Gasteiger partial charge < -0.3 is 9.47 Å². The fraction of sp³-hybridized carbons (Fsp3) is 0.467. The van der Waals surface area contributed by atoms with Crippen LogP contribution in [0.2, 0.25) is 0 Å². The smallest absolute Gasteiger partial charge is 0.344 e. The van der Waals surface area contributed by atoms with Crippen molar-refractivity contribution in [1.82, 2.24) is 0 Å². The lowest BCUT2D eigenvalue weighted by Crippen LogP contribution is -2.26. The van der Waals surface area contributed by atoms with Crippen LogP contribution in [-0.2, 0) is 19.7 Å². The Morgan fingerprint density at radius 3 is 2.21 bits per heavy atom. The van der Waals surface area contributed by atoms with E-state index in [0.717, 1.165) is 5.56 Å². The summed E-state index contributed by atoms with van der Waals surface area (Å²) in [5.74, 6) is 0.291. The van der Waals surface area contributed by atoms with E-state index in [2.05, 4.69) is 0 Å². The molecular formula is C15H20O4. The predicted molar refractivity (Wildman–Crippen MR) is 72.3 cm³/mol. The van der Waals surface area contributed by atoms with E-state index in [4.69, 9.17) is 9.47 Å². The first-order valence-electron chi connectivity index (χ1n) is 6.28. The van der Waals surface area contributed by atoms with Gasteiger partial charge in [0.25, 0.3) is 0 Å². The van der Waals surface area contributed by atoms with Crippen molar-refractivity contribution in [2.45, 2.75) is 33.1 Å². The molecule has 4 heteroatoms. The number of benzene rings is 1. The summed E-state index contributed by atoms with van der Waals surface area (Å²) in [6.07, 6.45) is 0. The van der Waals surface area contributed by atoms with Crippen LogP contribution in [0.3, 0.4) is 0 Å². The normalized spacial score (nSPS) is 10.9. The van der Waals surface area contributed by atoms with Gasteiger partial charge in [0.2, 0.25) is 0 Å². The zero-order valence-electron chi connectivity index (χ0n) is 11.9. The second-order valence-corrected chi connectivity index (χ2v) is 4.80. The van der Waals surface area contributed by atoms with E-state index in [1.54, 1.807) is 26.0 Å². The Labute approximate surface area is 113 Å². The van der Waals surface area contributed by atoms with Crippen molar-refractivity contribution >= 4 is 11.8 Å². The van der Waals surface area contributed by atoms with Gasteiger partial charge in [0, 0.05) is 5.41 Å². The number of rotatable bonds is 6. The molecule has 0 aliphatic carbocycles. The second kappa shape index (κ2) is 6.36. The van der Waals surface area contributed by atoms with Crippen LogP contribution >= 0.6 is 0 Å². The van der Waals surface area contributed by atoms with Crippen molar-refractivity contribution < 1.29 is 19.1 Å². The number of ether oxygens (including phenoxy) is 2. The molecule has 0 atom stereocenters. The van der Waals surface area contributed by atoms with E-state index in [9.17, 15) is 9.59 Å². The largest absolute Gasteiger partial charge is 0.482 e. The molecule has 1 aromatic rings. The van der Waals surface area contributed by atoms with Gasteiger partial charge in [-0.05, 0) is 45.4 Å². The molecule has 0 heterocycles. The van der Waals surface area contributed by atoms with Gasteiger partial charge in [0.15, 0.2) is 6.61 Å². The molecule has 4 nitrogen and oxygen atoms in total. The summed E-state index contributed by atoms with van der Waals surface area (Å²) in [5.41, 5.74) is 0.406. The molecule has 0 fully saturated rings. The molecule has 1 aromatic carbocycles. The third kappa shape index (κ3) is 4.09. The zero-order chi connectivity index (χ0) is 14.5. The monoisotopic (exact) mass is 264 g/mol. The van der Waals surface area contributed by atoms with Crippen LogP contribution in [0, 0.1) is 0 Å². The van der Waals surface area contributed by atoms with E-state index in [1.807, 2.05) is 26.0 Å². The first-order valence-corrected chi connectivity index (χ1v) is 6.28. The molecular weight excluding hydrogens is 244 g/mol. The Morgan fingerprint density at radius 1 is 1.16 bits per heavy atom. The van der Waals surface area contributed by atoms with E-state index in [0.29, 0.717) is 12.4 Å². The highest BCUT2D eigenvalue weighted by Gasteiger charge is 2.25. The molecule has 0 saturated heterocycles. The summed E-state index contributed by atoms with van der Waals surface area (Å²) in [4.78, 5) is 22.7. The minimum Gasteiger partial charge on any atom is -0.482 e. The lowest BCUT2D eigenvalue weighted by atomic mass is 9.81. The Morgan fingerprint density at radius 2 is 1.74 bits per heavy atom. The van der Waals surface area contributed by atoms with Gasteiger partial charge in [0.05, 0.1) is 6.61 Å². The highest BCUT2D eigenvalue weighted by Crippen LogP contribution is 2.26. The predicted octanol–water partition coefficient (Wildman–Crippen LogP) is 2.50. The molecule has 104 valence electrons. The highest BCUT2D eigenvalue weighted by molar-refractivity contribution is 5.87. The molecule has 0 unspecified atom stereocenters. The Bertz CT molecular complexity index is 446. The Hall–Kier alpha value is -1.84. The maximum Gasteiger partial charge on any atom is 0.344 e.